The first-order valence-electron chi connectivity index (χ1n) is 5.56. The van der Waals surface area contributed by atoms with Crippen molar-refractivity contribution in [3.8, 4) is 0 Å². The first kappa shape index (κ1) is 13.7. The van der Waals surface area contributed by atoms with E-state index in [2.05, 4.69) is 15.5 Å². The molecule has 1 N–H and O–H groups in total. The largest absolute Gasteiger partial charge is 0.352 e. The third kappa shape index (κ3) is 4.56. The fourth-order valence-corrected chi connectivity index (χ4v) is 1.47. The van der Waals surface area contributed by atoms with E-state index >= 15 is 0 Å². The molecule has 1 aromatic rings. The van der Waals surface area contributed by atoms with Crippen molar-refractivity contribution in [1.29, 1.82) is 0 Å². The van der Waals surface area contributed by atoms with Crippen LogP contribution in [0, 0.1) is 0 Å². The predicted octanol–water partition coefficient (Wildman–Crippen LogP) is 1.48. The number of carbonyl (C=O) groups excluding carboxylic acids is 1. The van der Waals surface area contributed by atoms with Gasteiger partial charge in [-0.2, -0.15) is 0 Å². The smallest absolute Gasteiger partial charge is 0.239 e. The lowest BCUT2D eigenvalue weighted by Gasteiger charge is -2.21. The molecule has 0 unspecified atom stereocenters. The van der Waals surface area contributed by atoms with Gasteiger partial charge in [0.1, 0.15) is 0 Å². The summed E-state index contributed by atoms with van der Waals surface area (Å²) in [5, 5.41) is 10.9. The monoisotopic (exact) mass is 256 g/mol. The predicted molar refractivity (Wildman–Crippen MR) is 68.2 cm³/mol. The van der Waals surface area contributed by atoms with Gasteiger partial charge < -0.3 is 10.2 Å². The minimum atomic E-state index is -0.0291. The summed E-state index contributed by atoms with van der Waals surface area (Å²) < 4.78 is 0. The fourth-order valence-electron chi connectivity index (χ4n) is 1.37. The van der Waals surface area contributed by atoms with Crippen LogP contribution in [0.4, 0.5) is 5.82 Å². The van der Waals surface area contributed by atoms with E-state index in [1.165, 1.54) is 0 Å². The van der Waals surface area contributed by atoms with Gasteiger partial charge in [-0.1, -0.05) is 11.6 Å². The van der Waals surface area contributed by atoms with Crippen molar-refractivity contribution >= 4 is 23.3 Å². The highest BCUT2D eigenvalue weighted by Crippen LogP contribution is 2.11. The van der Waals surface area contributed by atoms with E-state index < -0.39 is 0 Å². The van der Waals surface area contributed by atoms with Crippen LogP contribution >= 0.6 is 11.6 Å². The summed E-state index contributed by atoms with van der Waals surface area (Å²) in [5.74, 6) is 0.620. The summed E-state index contributed by atoms with van der Waals surface area (Å²) >= 11 is 5.66. The first-order valence-corrected chi connectivity index (χ1v) is 5.94. The maximum Gasteiger partial charge on any atom is 0.239 e. The Morgan fingerprint density at radius 2 is 2.18 bits per heavy atom. The van der Waals surface area contributed by atoms with Crippen LogP contribution in [0.5, 0.6) is 0 Å². The van der Waals surface area contributed by atoms with Gasteiger partial charge >= 0.3 is 0 Å². The number of amides is 1. The van der Waals surface area contributed by atoms with E-state index in [1.807, 2.05) is 25.7 Å². The van der Waals surface area contributed by atoms with Crippen molar-refractivity contribution in [1.82, 2.24) is 15.5 Å². The van der Waals surface area contributed by atoms with Crippen molar-refractivity contribution in [2.24, 2.45) is 0 Å². The number of likely N-dealkylation sites (N-methyl/N-ethyl adjacent to an activating group) is 1. The van der Waals surface area contributed by atoms with Crippen LogP contribution in [0.2, 0.25) is 5.15 Å². The van der Waals surface area contributed by atoms with Gasteiger partial charge in [-0.05, 0) is 32.9 Å². The van der Waals surface area contributed by atoms with Crippen LogP contribution in [0.1, 0.15) is 20.8 Å². The molecule has 0 aliphatic rings. The van der Waals surface area contributed by atoms with E-state index in [1.54, 1.807) is 12.1 Å². The van der Waals surface area contributed by atoms with E-state index in [9.17, 15) is 4.79 Å². The number of carbonyl (C=O) groups is 1. The molecule has 0 saturated heterocycles. The van der Waals surface area contributed by atoms with Crippen molar-refractivity contribution in [3.63, 3.8) is 0 Å². The number of hydrogen-bond donors (Lipinski definition) is 1. The summed E-state index contributed by atoms with van der Waals surface area (Å²) in [6.45, 7) is 6.76. The van der Waals surface area contributed by atoms with Crippen molar-refractivity contribution in [2.45, 2.75) is 26.8 Å². The lowest BCUT2D eigenvalue weighted by atomic mass is 10.3. The van der Waals surface area contributed by atoms with E-state index in [4.69, 9.17) is 11.6 Å². The zero-order valence-electron chi connectivity index (χ0n) is 10.3. The lowest BCUT2D eigenvalue weighted by Crippen LogP contribution is -2.40. The Balaban J connectivity index is 2.65. The molecule has 0 aliphatic carbocycles. The quantitative estimate of drug-likeness (QED) is 0.867. The van der Waals surface area contributed by atoms with E-state index in [-0.39, 0.29) is 18.5 Å². The molecule has 5 nitrogen and oxygen atoms in total. The highest BCUT2D eigenvalue weighted by molar-refractivity contribution is 6.29. The SMILES string of the molecule is CCN(CC(=O)NC(C)C)c1ccc(Cl)nn1. The zero-order valence-corrected chi connectivity index (χ0v) is 11.0. The normalized spacial score (nSPS) is 10.4. The summed E-state index contributed by atoms with van der Waals surface area (Å²) in [6, 6.07) is 3.55. The van der Waals surface area contributed by atoms with Crippen LogP contribution in [0.15, 0.2) is 12.1 Å². The van der Waals surface area contributed by atoms with E-state index in [0.717, 1.165) is 0 Å². The number of nitrogens with one attached hydrogen (secondary N) is 1. The molecule has 0 bridgehead atoms. The van der Waals surface area contributed by atoms with Gasteiger partial charge in [-0.3, -0.25) is 4.79 Å². The molecule has 17 heavy (non-hydrogen) atoms. The van der Waals surface area contributed by atoms with Crippen molar-refractivity contribution in [3.05, 3.63) is 17.3 Å². The minimum Gasteiger partial charge on any atom is -0.352 e. The topological polar surface area (TPSA) is 58.1 Å². The number of rotatable bonds is 5. The van der Waals surface area contributed by atoms with Gasteiger partial charge in [0.15, 0.2) is 11.0 Å². The minimum absolute atomic E-state index is 0.0291. The second-order valence-electron chi connectivity index (χ2n) is 3.95. The van der Waals surface area contributed by atoms with Gasteiger partial charge in [0, 0.05) is 12.6 Å². The van der Waals surface area contributed by atoms with E-state index in [0.29, 0.717) is 17.5 Å². The average Bonchev–Trinajstić information content (AvgIpc) is 2.26. The van der Waals surface area contributed by atoms with Crippen LogP contribution in [0.25, 0.3) is 0 Å². The van der Waals surface area contributed by atoms with Crippen LogP contribution in [-0.2, 0) is 4.79 Å². The maximum atomic E-state index is 11.6. The molecule has 1 amide bonds. The maximum absolute atomic E-state index is 11.6. The molecule has 0 spiro atoms. The van der Waals surface area contributed by atoms with Crippen molar-refractivity contribution < 1.29 is 4.79 Å². The molecule has 0 atom stereocenters. The Morgan fingerprint density at radius 1 is 1.47 bits per heavy atom. The second kappa shape index (κ2) is 6.39. The molecule has 0 radical (unpaired) electrons. The fraction of sp³-hybridized carbons (Fsp3) is 0.545. The third-order valence-corrected chi connectivity index (χ3v) is 2.31. The molecule has 1 rings (SSSR count). The van der Waals surface area contributed by atoms with Gasteiger partial charge in [-0.25, -0.2) is 0 Å². The Morgan fingerprint density at radius 3 is 2.65 bits per heavy atom. The molecular weight excluding hydrogens is 240 g/mol. The molecule has 0 aromatic carbocycles. The first-order chi connectivity index (χ1) is 8.02. The Labute approximate surface area is 106 Å². The Kier molecular flexibility index (Phi) is 5.15. The van der Waals surface area contributed by atoms with Gasteiger partial charge in [0.05, 0.1) is 6.54 Å². The number of aromatic nitrogens is 2. The highest BCUT2D eigenvalue weighted by atomic mass is 35.5. The molecule has 0 fully saturated rings. The molecule has 6 heteroatoms. The third-order valence-electron chi connectivity index (χ3n) is 2.11. The summed E-state index contributed by atoms with van der Waals surface area (Å²) in [4.78, 5) is 13.5. The Bertz CT molecular complexity index is 366. The molecular formula is C11H17ClN4O. The van der Waals surface area contributed by atoms with Crippen molar-refractivity contribution in [2.75, 3.05) is 18.0 Å². The van der Waals surface area contributed by atoms with Gasteiger partial charge in [0.25, 0.3) is 0 Å². The van der Waals surface area contributed by atoms with Gasteiger partial charge in [-0.15, -0.1) is 10.2 Å². The average molecular weight is 257 g/mol. The molecule has 94 valence electrons. The van der Waals surface area contributed by atoms with Crippen LogP contribution < -0.4 is 10.2 Å². The molecule has 1 aromatic heterocycles. The lowest BCUT2D eigenvalue weighted by molar-refractivity contribution is -0.120. The highest BCUT2D eigenvalue weighted by Gasteiger charge is 2.12. The summed E-state index contributed by atoms with van der Waals surface area (Å²) in [5.41, 5.74) is 0. The number of halogens is 1. The van der Waals surface area contributed by atoms with Crippen LogP contribution in [0.3, 0.4) is 0 Å². The standard InChI is InChI=1S/C11H17ClN4O/c1-4-16(7-11(17)13-8(2)3)10-6-5-9(12)14-15-10/h5-6,8H,4,7H2,1-3H3,(H,13,17). The zero-order chi connectivity index (χ0) is 12.8. The molecule has 0 saturated carbocycles. The molecule has 0 aliphatic heterocycles. The second-order valence-corrected chi connectivity index (χ2v) is 4.34. The summed E-state index contributed by atoms with van der Waals surface area (Å²) in [7, 11) is 0. The molecule has 1 heterocycles. The number of anilines is 1. The Hall–Kier alpha value is -1.36. The number of nitrogens with zero attached hydrogens (tertiary/aromatic N) is 3. The summed E-state index contributed by atoms with van der Waals surface area (Å²) in [6.07, 6.45) is 0. The van der Waals surface area contributed by atoms with Crippen LogP contribution in [-0.4, -0.2) is 35.2 Å². The number of hydrogen-bond acceptors (Lipinski definition) is 4. The van der Waals surface area contributed by atoms with Gasteiger partial charge in [0.2, 0.25) is 5.91 Å².